The van der Waals surface area contributed by atoms with Crippen LogP contribution in [0.4, 0.5) is 11.4 Å². The number of nitrogens with one attached hydrogen (secondary N) is 1. The van der Waals surface area contributed by atoms with Gasteiger partial charge < -0.3 is 10.2 Å². The number of hydrogen-bond donors (Lipinski definition) is 1. The van der Waals surface area contributed by atoms with E-state index in [0.29, 0.717) is 27.0 Å². The molecule has 4 rings (SSSR count). The Balaban J connectivity index is 1.79. The van der Waals surface area contributed by atoms with Crippen LogP contribution in [-0.2, 0) is 9.59 Å². The van der Waals surface area contributed by atoms with E-state index in [-0.39, 0.29) is 24.7 Å². The van der Waals surface area contributed by atoms with Crippen LogP contribution in [0.25, 0.3) is 0 Å². The Hall–Kier alpha value is -2.57. The van der Waals surface area contributed by atoms with Crippen LogP contribution in [0.15, 0.2) is 42.5 Å². The molecule has 1 fully saturated rings. The van der Waals surface area contributed by atoms with Crippen molar-refractivity contribution in [3.63, 3.8) is 0 Å². The molecule has 0 radical (unpaired) electrons. The van der Waals surface area contributed by atoms with Crippen molar-refractivity contribution in [1.29, 1.82) is 0 Å². The van der Waals surface area contributed by atoms with E-state index in [2.05, 4.69) is 5.32 Å². The Morgan fingerprint density at radius 2 is 1.85 bits per heavy atom. The number of halogens is 2. The molecule has 3 amide bonds. The number of para-hydroxylation sites is 1. The lowest BCUT2D eigenvalue weighted by atomic mass is 9.96. The van der Waals surface area contributed by atoms with E-state index in [1.165, 1.54) is 22.9 Å². The van der Waals surface area contributed by atoms with Crippen LogP contribution in [0.5, 0.6) is 0 Å². The molecule has 8 heteroatoms. The zero-order chi connectivity index (χ0) is 19.3. The van der Waals surface area contributed by atoms with Gasteiger partial charge in [-0.3, -0.25) is 19.3 Å². The van der Waals surface area contributed by atoms with Gasteiger partial charge >= 0.3 is 0 Å². The first kappa shape index (κ1) is 17.8. The maximum atomic E-state index is 13.3. The SMILES string of the molecule is CN1C(=O)c2ccccc2N2C(=O)CC[C@]12C(=O)Nc1ccc(Cl)c(Cl)c1. The molecule has 0 saturated carbocycles. The minimum Gasteiger partial charge on any atom is -0.322 e. The second kappa shape index (κ2) is 6.25. The minimum absolute atomic E-state index is 0.167. The number of carbonyl (C=O) groups is 3. The summed E-state index contributed by atoms with van der Waals surface area (Å²) in [6.45, 7) is 0. The number of carbonyl (C=O) groups excluding carboxylic acids is 3. The van der Waals surface area contributed by atoms with E-state index < -0.39 is 11.6 Å². The Labute approximate surface area is 165 Å². The van der Waals surface area contributed by atoms with Crippen molar-refractivity contribution in [2.75, 3.05) is 17.3 Å². The minimum atomic E-state index is -1.42. The van der Waals surface area contributed by atoms with Crippen LogP contribution in [0.2, 0.25) is 10.0 Å². The quantitative estimate of drug-likeness (QED) is 0.833. The summed E-state index contributed by atoms with van der Waals surface area (Å²) in [5.74, 6) is -0.982. The molecule has 6 nitrogen and oxygen atoms in total. The van der Waals surface area contributed by atoms with Crippen molar-refractivity contribution >= 4 is 52.3 Å². The summed E-state index contributed by atoms with van der Waals surface area (Å²) in [6, 6.07) is 11.5. The molecule has 1 atom stereocenters. The maximum absolute atomic E-state index is 13.3. The van der Waals surface area contributed by atoms with Gasteiger partial charge in [0.2, 0.25) is 11.6 Å². The molecule has 2 aromatic carbocycles. The summed E-state index contributed by atoms with van der Waals surface area (Å²) >= 11 is 11.9. The summed E-state index contributed by atoms with van der Waals surface area (Å²) in [6.07, 6.45) is 0.371. The monoisotopic (exact) mass is 403 g/mol. The van der Waals surface area contributed by atoms with Crippen LogP contribution >= 0.6 is 23.2 Å². The number of fused-ring (bicyclic) bond motifs is 3. The Morgan fingerprint density at radius 3 is 2.59 bits per heavy atom. The number of benzene rings is 2. The van der Waals surface area contributed by atoms with Gasteiger partial charge in [0, 0.05) is 25.6 Å². The predicted octanol–water partition coefficient (Wildman–Crippen LogP) is 3.54. The Kier molecular flexibility index (Phi) is 4.13. The van der Waals surface area contributed by atoms with Gasteiger partial charge in [0.1, 0.15) is 0 Å². The van der Waals surface area contributed by atoms with Crippen molar-refractivity contribution in [3.8, 4) is 0 Å². The van der Waals surface area contributed by atoms with E-state index in [1.54, 1.807) is 36.4 Å². The third-order valence-corrected chi connectivity index (χ3v) is 5.82. The number of rotatable bonds is 2. The summed E-state index contributed by atoms with van der Waals surface area (Å²) in [5, 5.41) is 3.44. The van der Waals surface area contributed by atoms with Crippen molar-refractivity contribution in [1.82, 2.24) is 4.90 Å². The highest BCUT2D eigenvalue weighted by Crippen LogP contribution is 2.44. The topological polar surface area (TPSA) is 69.7 Å². The molecular formula is C19H15Cl2N3O3. The van der Waals surface area contributed by atoms with Gasteiger partial charge in [0.05, 0.1) is 21.3 Å². The number of likely N-dealkylation sites (N-methyl/N-ethyl adjacent to an activating group) is 1. The van der Waals surface area contributed by atoms with Gasteiger partial charge in [-0.1, -0.05) is 35.3 Å². The average Bonchev–Trinajstić information content (AvgIpc) is 3.01. The molecule has 0 aliphatic carbocycles. The number of anilines is 2. The van der Waals surface area contributed by atoms with E-state index in [0.717, 1.165) is 0 Å². The number of amides is 3. The first-order valence-electron chi connectivity index (χ1n) is 8.33. The molecule has 0 unspecified atom stereocenters. The molecule has 2 heterocycles. The molecule has 1 saturated heterocycles. The fraction of sp³-hybridized carbons (Fsp3) is 0.211. The Morgan fingerprint density at radius 1 is 1.11 bits per heavy atom. The first-order valence-corrected chi connectivity index (χ1v) is 9.08. The van der Waals surface area contributed by atoms with Gasteiger partial charge in [-0.2, -0.15) is 0 Å². The largest absolute Gasteiger partial charge is 0.322 e. The molecular weight excluding hydrogens is 389 g/mol. The highest BCUT2D eigenvalue weighted by molar-refractivity contribution is 6.42. The molecule has 2 aliphatic rings. The van der Waals surface area contributed by atoms with Crippen LogP contribution in [-0.4, -0.2) is 35.3 Å². The second-order valence-corrected chi connectivity index (χ2v) is 7.32. The molecule has 0 spiro atoms. The van der Waals surface area contributed by atoms with Crippen molar-refractivity contribution in [2.24, 2.45) is 0 Å². The summed E-state index contributed by atoms with van der Waals surface area (Å²) < 4.78 is 0. The predicted molar refractivity (Wildman–Crippen MR) is 103 cm³/mol. The van der Waals surface area contributed by atoms with E-state index in [4.69, 9.17) is 23.2 Å². The van der Waals surface area contributed by atoms with Crippen LogP contribution in [0, 0.1) is 0 Å². The summed E-state index contributed by atoms with van der Waals surface area (Å²) in [4.78, 5) is 41.6. The second-order valence-electron chi connectivity index (χ2n) is 6.51. The third kappa shape index (κ3) is 2.51. The van der Waals surface area contributed by atoms with E-state index in [1.807, 2.05) is 0 Å². The van der Waals surface area contributed by atoms with Gasteiger partial charge in [0.15, 0.2) is 0 Å². The molecule has 138 valence electrons. The van der Waals surface area contributed by atoms with Crippen molar-refractivity contribution in [2.45, 2.75) is 18.5 Å². The molecule has 0 aromatic heterocycles. The lowest BCUT2D eigenvalue weighted by Gasteiger charge is -2.47. The first-order chi connectivity index (χ1) is 12.9. The molecule has 1 N–H and O–H groups in total. The molecule has 0 bridgehead atoms. The maximum Gasteiger partial charge on any atom is 0.271 e. The van der Waals surface area contributed by atoms with E-state index >= 15 is 0 Å². The van der Waals surface area contributed by atoms with Gasteiger partial charge in [0.25, 0.3) is 11.8 Å². The zero-order valence-corrected chi connectivity index (χ0v) is 15.8. The average molecular weight is 404 g/mol. The fourth-order valence-corrected chi connectivity index (χ4v) is 4.03. The molecule has 2 aromatic rings. The van der Waals surface area contributed by atoms with Crippen LogP contribution in [0.1, 0.15) is 23.2 Å². The third-order valence-electron chi connectivity index (χ3n) is 5.08. The number of hydrogen-bond acceptors (Lipinski definition) is 3. The fourth-order valence-electron chi connectivity index (χ4n) is 3.73. The molecule has 27 heavy (non-hydrogen) atoms. The smallest absolute Gasteiger partial charge is 0.271 e. The van der Waals surface area contributed by atoms with Crippen molar-refractivity contribution < 1.29 is 14.4 Å². The zero-order valence-electron chi connectivity index (χ0n) is 14.3. The van der Waals surface area contributed by atoms with Crippen molar-refractivity contribution in [3.05, 3.63) is 58.1 Å². The van der Waals surface area contributed by atoms with Gasteiger partial charge in [-0.05, 0) is 30.3 Å². The van der Waals surface area contributed by atoms with Crippen LogP contribution in [0.3, 0.4) is 0 Å². The normalized spacial score (nSPS) is 21.1. The van der Waals surface area contributed by atoms with Crippen LogP contribution < -0.4 is 10.2 Å². The number of nitrogens with zero attached hydrogens (tertiary/aromatic N) is 2. The molecule has 2 aliphatic heterocycles. The summed E-state index contributed by atoms with van der Waals surface area (Å²) in [5.41, 5.74) is -0.141. The highest BCUT2D eigenvalue weighted by atomic mass is 35.5. The standard InChI is InChI=1S/C19H15Cl2N3O3/c1-23-17(26)12-4-2-3-5-15(12)24-16(25)8-9-19(23,24)18(27)22-11-6-7-13(20)14(21)10-11/h2-7,10H,8-9H2,1H3,(H,22,27)/t19-/m0/s1. The highest BCUT2D eigenvalue weighted by Gasteiger charge is 2.59. The summed E-state index contributed by atoms with van der Waals surface area (Å²) in [7, 11) is 1.54. The Bertz CT molecular complexity index is 994. The van der Waals surface area contributed by atoms with Gasteiger partial charge in [-0.25, -0.2) is 0 Å². The van der Waals surface area contributed by atoms with Gasteiger partial charge in [-0.15, -0.1) is 0 Å². The van der Waals surface area contributed by atoms with E-state index in [9.17, 15) is 14.4 Å². The lowest BCUT2D eigenvalue weighted by molar-refractivity contribution is -0.128. The lowest BCUT2D eigenvalue weighted by Crippen LogP contribution is -2.68.